The summed E-state index contributed by atoms with van der Waals surface area (Å²) in [6.45, 7) is 3.73. The van der Waals surface area contributed by atoms with E-state index < -0.39 is 5.97 Å². The maximum Gasteiger partial charge on any atom is 0.358 e. The number of nitrogens with zero attached hydrogens (tertiary/aromatic N) is 1. The highest BCUT2D eigenvalue weighted by Gasteiger charge is 2.16. The quantitative estimate of drug-likeness (QED) is 0.786. The van der Waals surface area contributed by atoms with E-state index in [-0.39, 0.29) is 24.2 Å². The molecule has 2 heterocycles. The first kappa shape index (κ1) is 16.6. The summed E-state index contributed by atoms with van der Waals surface area (Å²) in [5, 5.41) is 9.16. The number of carbonyl (C=O) groups excluding carboxylic acids is 2. The SMILES string of the molecule is CCC(CC)NC(=O)COC(=O)c1csc(-c2ccsc2)n1. The summed E-state index contributed by atoms with van der Waals surface area (Å²) < 4.78 is 5.01. The fourth-order valence-electron chi connectivity index (χ4n) is 1.85. The van der Waals surface area contributed by atoms with Gasteiger partial charge in [0.15, 0.2) is 12.3 Å². The van der Waals surface area contributed by atoms with Crippen LogP contribution in [0.2, 0.25) is 0 Å². The minimum Gasteiger partial charge on any atom is -0.451 e. The number of carbonyl (C=O) groups is 2. The second-order valence-corrected chi connectivity index (χ2v) is 6.35. The molecule has 1 N–H and O–H groups in total. The highest BCUT2D eigenvalue weighted by molar-refractivity contribution is 7.14. The molecule has 1 amide bonds. The van der Waals surface area contributed by atoms with E-state index in [4.69, 9.17) is 4.74 Å². The lowest BCUT2D eigenvalue weighted by molar-refractivity contribution is -0.125. The molecule has 0 aromatic carbocycles. The Morgan fingerprint density at radius 1 is 1.32 bits per heavy atom. The van der Waals surface area contributed by atoms with Gasteiger partial charge in [-0.05, 0) is 24.3 Å². The smallest absolute Gasteiger partial charge is 0.358 e. The second kappa shape index (κ2) is 8.05. The largest absolute Gasteiger partial charge is 0.451 e. The summed E-state index contributed by atoms with van der Waals surface area (Å²) in [6.07, 6.45) is 1.71. The molecule has 118 valence electrons. The van der Waals surface area contributed by atoms with Gasteiger partial charge in [0, 0.05) is 22.4 Å². The molecule has 0 aliphatic heterocycles. The number of hydrogen-bond donors (Lipinski definition) is 1. The van der Waals surface area contributed by atoms with E-state index in [1.54, 1.807) is 16.7 Å². The van der Waals surface area contributed by atoms with Crippen molar-refractivity contribution >= 4 is 34.6 Å². The third-order valence-corrected chi connectivity index (χ3v) is 4.74. The Labute approximate surface area is 137 Å². The highest BCUT2D eigenvalue weighted by atomic mass is 32.1. The number of amides is 1. The van der Waals surface area contributed by atoms with Crippen LogP contribution >= 0.6 is 22.7 Å². The molecular weight excluding hydrogens is 320 g/mol. The number of ether oxygens (including phenoxy) is 1. The van der Waals surface area contributed by atoms with E-state index in [1.165, 1.54) is 11.3 Å². The summed E-state index contributed by atoms with van der Waals surface area (Å²) in [7, 11) is 0. The minimum atomic E-state index is -0.572. The predicted molar refractivity (Wildman–Crippen MR) is 88.2 cm³/mol. The molecule has 0 saturated heterocycles. The van der Waals surface area contributed by atoms with Crippen LogP contribution in [0.25, 0.3) is 10.6 Å². The van der Waals surface area contributed by atoms with Gasteiger partial charge in [0.25, 0.3) is 5.91 Å². The van der Waals surface area contributed by atoms with Crippen molar-refractivity contribution in [1.29, 1.82) is 0 Å². The molecule has 0 radical (unpaired) electrons. The zero-order chi connectivity index (χ0) is 15.9. The summed E-state index contributed by atoms with van der Waals surface area (Å²) in [6, 6.07) is 2.07. The van der Waals surface area contributed by atoms with E-state index in [1.807, 2.05) is 30.7 Å². The van der Waals surface area contributed by atoms with E-state index in [9.17, 15) is 9.59 Å². The van der Waals surface area contributed by atoms with E-state index in [2.05, 4.69) is 10.3 Å². The van der Waals surface area contributed by atoms with Crippen molar-refractivity contribution in [2.45, 2.75) is 32.7 Å². The van der Waals surface area contributed by atoms with Gasteiger partial charge >= 0.3 is 5.97 Å². The van der Waals surface area contributed by atoms with Gasteiger partial charge in [0.05, 0.1) is 0 Å². The van der Waals surface area contributed by atoms with Gasteiger partial charge < -0.3 is 10.1 Å². The molecule has 2 aromatic rings. The number of hydrogen-bond acceptors (Lipinski definition) is 6. The van der Waals surface area contributed by atoms with E-state index >= 15 is 0 Å². The van der Waals surface area contributed by atoms with Gasteiger partial charge in [-0.25, -0.2) is 9.78 Å². The zero-order valence-corrected chi connectivity index (χ0v) is 14.1. The van der Waals surface area contributed by atoms with Crippen LogP contribution in [0, 0.1) is 0 Å². The van der Waals surface area contributed by atoms with Gasteiger partial charge in [-0.2, -0.15) is 11.3 Å². The molecule has 2 aromatic heterocycles. The van der Waals surface area contributed by atoms with Crippen molar-refractivity contribution in [2.24, 2.45) is 0 Å². The zero-order valence-electron chi connectivity index (χ0n) is 12.5. The fourth-order valence-corrected chi connectivity index (χ4v) is 3.35. The third kappa shape index (κ3) is 4.38. The maximum absolute atomic E-state index is 11.9. The average molecular weight is 338 g/mol. The summed E-state index contributed by atoms with van der Waals surface area (Å²) in [4.78, 5) is 27.8. The number of rotatable bonds is 7. The molecule has 7 heteroatoms. The molecule has 0 aliphatic carbocycles. The summed E-state index contributed by atoms with van der Waals surface area (Å²) in [5.74, 6) is -0.854. The Kier molecular flexibility index (Phi) is 6.09. The lowest BCUT2D eigenvalue weighted by Crippen LogP contribution is -2.36. The third-order valence-electron chi connectivity index (χ3n) is 3.17. The first-order chi connectivity index (χ1) is 10.6. The van der Waals surface area contributed by atoms with Crippen molar-refractivity contribution in [3.8, 4) is 10.6 Å². The lowest BCUT2D eigenvalue weighted by Gasteiger charge is -2.14. The molecule has 0 fully saturated rings. The lowest BCUT2D eigenvalue weighted by atomic mass is 10.2. The molecule has 5 nitrogen and oxygen atoms in total. The van der Waals surface area contributed by atoms with Crippen LogP contribution in [0.1, 0.15) is 37.2 Å². The molecule has 0 spiro atoms. The molecular formula is C15H18N2O3S2. The summed E-state index contributed by atoms with van der Waals surface area (Å²) in [5.41, 5.74) is 1.22. The number of esters is 1. The van der Waals surface area contributed by atoms with Gasteiger partial charge in [-0.1, -0.05) is 13.8 Å². The van der Waals surface area contributed by atoms with Gasteiger partial charge in [-0.3, -0.25) is 4.79 Å². The van der Waals surface area contributed by atoms with Crippen LogP contribution in [-0.2, 0) is 9.53 Å². The summed E-state index contributed by atoms with van der Waals surface area (Å²) >= 11 is 2.96. The van der Waals surface area contributed by atoms with Crippen molar-refractivity contribution in [3.63, 3.8) is 0 Å². The van der Waals surface area contributed by atoms with Crippen LogP contribution in [0.4, 0.5) is 0 Å². The highest BCUT2D eigenvalue weighted by Crippen LogP contribution is 2.25. The van der Waals surface area contributed by atoms with Gasteiger partial charge in [0.2, 0.25) is 0 Å². The number of thiophene rings is 1. The van der Waals surface area contributed by atoms with Crippen LogP contribution in [0.5, 0.6) is 0 Å². The fraction of sp³-hybridized carbons (Fsp3) is 0.400. The predicted octanol–water partition coefficient (Wildman–Crippen LogP) is 3.33. The topological polar surface area (TPSA) is 68.3 Å². The minimum absolute atomic E-state index is 0.121. The van der Waals surface area contributed by atoms with E-state index in [0.29, 0.717) is 0 Å². The van der Waals surface area contributed by atoms with Crippen molar-refractivity contribution in [1.82, 2.24) is 10.3 Å². The molecule has 2 rings (SSSR count). The Balaban J connectivity index is 1.86. The van der Waals surface area contributed by atoms with Gasteiger partial charge in [0.1, 0.15) is 5.01 Å². The Bertz CT molecular complexity index is 619. The van der Waals surface area contributed by atoms with Crippen LogP contribution in [0.15, 0.2) is 22.2 Å². The first-order valence-electron chi connectivity index (χ1n) is 7.08. The standard InChI is InChI=1S/C15H18N2O3S2/c1-3-11(4-2)16-13(18)7-20-15(19)12-9-22-14(17-12)10-5-6-21-8-10/h5-6,8-9,11H,3-4,7H2,1-2H3,(H,16,18). The normalized spacial score (nSPS) is 10.7. The van der Waals surface area contributed by atoms with Crippen LogP contribution in [-0.4, -0.2) is 29.5 Å². The average Bonchev–Trinajstić information content (AvgIpc) is 3.20. The van der Waals surface area contributed by atoms with E-state index in [0.717, 1.165) is 23.4 Å². The molecule has 0 aliphatic rings. The Morgan fingerprint density at radius 2 is 2.09 bits per heavy atom. The monoisotopic (exact) mass is 338 g/mol. The Hall–Kier alpha value is -1.73. The maximum atomic E-state index is 11.9. The number of nitrogens with one attached hydrogen (secondary N) is 1. The number of aromatic nitrogens is 1. The molecule has 0 unspecified atom stereocenters. The first-order valence-corrected chi connectivity index (χ1v) is 8.90. The Morgan fingerprint density at radius 3 is 2.73 bits per heavy atom. The number of thiazole rings is 1. The van der Waals surface area contributed by atoms with Crippen LogP contribution in [0.3, 0.4) is 0 Å². The van der Waals surface area contributed by atoms with Gasteiger partial charge in [-0.15, -0.1) is 11.3 Å². The van der Waals surface area contributed by atoms with Crippen molar-refractivity contribution in [3.05, 3.63) is 27.9 Å². The molecule has 0 bridgehead atoms. The molecule has 0 atom stereocenters. The van der Waals surface area contributed by atoms with Crippen molar-refractivity contribution in [2.75, 3.05) is 6.61 Å². The molecule has 22 heavy (non-hydrogen) atoms. The second-order valence-electron chi connectivity index (χ2n) is 4.71. The van der Waals surface area contributed by atoms with Crippen molar-refractivity contribution < 1.29 is 14.3 Å². The molecule has 0 saturated carbocycles. The van der Waals surface area contributed by atoms with Crippen LogP contribution < -0.4 is 5.32 Å².